The maximum absolute atomic E-state index is 11.4. The fourth-order valence-corrected chi connectivity index (χ4v) is 3.60. The summed E-state index contributed by atoms with van der Waals surface area (Å²) in [5.74, 6) is 0. The summed E-state index contributed by atoms with van der Waals surface area (Å²) >= 11 is 0. The first-order valence-corrected chi connectivity index (χ1v) is 8.76. The molecule has 4 rings (SSSR count). The Hall–Kier alpha value is -3.33. The van der Waals surface area contributed by atoms with Crippen LogP contribution in [0.3, 0.4) is 0 Å². The SMILES string of the molecule is NC(=O)Nc1ccccc1C=C1c2ccccc2CCc2ccccc21. The van der Waals surface area contributed by atoms with Gasteiger partial charge in [0.15, 0.2) is 0 Å². The third-order valence-corrected chi connectivity index (χ3v) is 4.80. The molecule has 3 N–H and O–H groups in total. The van der Waals surface area contributed by atoms with Gasteiger partial charge in [0.25, 0.3) is 0 Å². The lowest BCUT2D eigenvalue weighted by Crippen LogP contribution is -2.19. The number of carbonyl (C=O) groups is 1. The number of carbonyl (C=O) groups excluding carboxylic acids is 1. The summed E-state index contributed by atoms with van der Waals surface area (Å²) in [6.07, 6.45) is 4.19. The fraction of sp³-hybridized carbons (Fsp3) is 0.0870. The van der Waals surface area contributed by atoms with Gasteiger partial charge in [-0.2, -0.15) is 0 Å². The van der Waals surface area contributed by atoms with Crippen LogP contribution in [0, 0.1) is 0 Å². The largest absolute Gasteiger partial charge is 0.351 e. The van der Waals surface area contributed by atoms with E-state index in [0.717, 1.165) is 18.4 Å². The number of nitrogens with two attached hydrogens (primary N) is 1. The van der Waals surface area contributed by atoms with Crippen molar-refractivity contribution >= 4 is 23.4 Å². The molecule has 0 spiro atoms. The van der Waals surface area contributed by atoms with Crippen LogP contribution in [0.15, 0.2) is 72.8 Å². The average Bonchev–Trinajstić information content (AvgIpc) is 2.81. The summed E-state index contributed by atoms with van der Waals surface area (Å²) in [4.78, 5) is 11.4. The molecule has 0 aromatic heterocycles. The molecule has 0 unspecified atom stereocenters. The van der Waals surface area contributed by atoms with Gasteiger partial charge in [0.05, 0.1) is 0 Å². The molecule has 3 aromatic rings. The van der Waals surface area contributed by atoms with E-state index in [0.29, 0.717) is 5.69 Å². The van der Waals surface area contributed by atoms with Crippen molar-refractivity contribution in [1.82, 2.24) is 0 Å². The summed E-state index contributed by atoms with van der Waals surface area (Å²) in [6.45, 7) is 0. The van der Waals surface area contributed by atoms with Crippen LogP contribution in [-0.4, -0.2) is 6.03 Å². The van der Waals surface area contributed by atoms with Gasteiger partial charge in [0.2, 0.25) is 0 Å². The van der Waals surface area contributed by atoms with Crippen LogP contribution in [0.5, 0.6) is 0 Å². The van der Waals surface area contributed by atoms with Gasteiger partial charge in [-0.3, -0.25) is 0 Å². The van der Waals surface area contributed by atoms with Gasteiger partial charge >= 0.3 is 6.03 Å². The molecule has 0 fully saturated rings. The number of amides is 2. The van der Waals surface area contributed by atoms with E-state index in [1.54, 1.807) is 0 Å². The molecule has 0 heterocycles. The van der Waals surface area contributed by atoms with Crippen molar-refractivity contribution in [3.63, 3.8) is 0 Å². The second kappa shape index (κ2) is 6.89. The van der Waals surface area contributed by atoms with E-state index in [1.807, 2.05) is 24.3 Å². The molecular weight excluding hydrogens is 320 g/mol. The van der Waals surface area contributed by atoms with E-state index in [2.05, 4.69) is 59.9 Å². The third kappa shape index (κ3) is 3.11. The molecule has 0 bridgehead atoms. The standard InChI is InChI=1S/C23H20N2O/c24-23(26)25-22-12-6-3-9-18(22)15-21-19-10-4-1-7-16(19)13-14-17-8-2-5-11-20(17)21/h1-12,15H,13-14H2,(H3,24,25,26). The molecule has 0 radical (unpaired) electrons. The molecule has 1 aliphatic carbocycles. The lowest BCUT2D eigenvalue weighted by Gasteiger charge is -2.13. The van der Waals surface area contributed by atoms with E-state index in [-0.39, 0.29) is 0 Å². The maximum atomic E-state index is 11.4. The third-order valence-electron chi connectivity index (χ3n) is 4.80. The molecule has 0 saturated heterocycles. The smallest absolute Gasteiger partial charge is 0.316 e. The summed E-state index contributed by atoms with van der Waals surface area (Å²) in [5.41, 5.74) is 13.3. The van der Waals surface area contributed by atoms with Crippen molar-refractivity contribution in [3.8, 4) is 0 Å². The Balaban J connectivity index is 1.94. The van der Waals surface area contributed by atoms with E-state index in [4.69, 9.17) is 5.73 Å². The second-order valence-corrected chi connectivity index (χ2v) is 6.45. The molecule has 2 amide bonds. The number of urea groups is 1. The summed E-state index contributed by atoms with van der Waals surface area (Å²) in [6, 6.07) is 24.2. The highest BCUT2D eigenvalue weighted by atomic mass is 16.2. The van der Waals surface area contributed by atoms with Gasteiger partial charge in [0, 0.05) is 5.69 Å². The number of nitrogens with one attached hydrogen (secondary N) is 1. The summed E-state index contributed by atoms with van der Waals surface area (Å²) in [5, 5.41) is 2.72. The zero-order chi connectivity index (χ0) is 17.9. The quantitative estimate of drug-likeness (QED) is 0.687. The fourth-order valence-electron chi connectivity index (χ4n) is 3.60. The van der Waals surface area contributed by atoms with Crippen LogP contribution in [0.2, 0.25) is 0 Å². The van der Waals surface area contributed by atoms with Crippen LogP contribution in [-0.2, 0) is 12.8 Å². The molecular formula is C23H20N2O. The zero-order valence-corrected chi connectivity index (χ0v) is 14.4. The van der Waals surface area contributed by atoms with E-state index < -0.39 is 6.03 Å². The maximum Gasteiger partial charge on any atom is 0.316 e. The highest BCUT2D eigenvalue weighted by Crippen LogP contribution is 2.35. The van der Waals surface area contributed by atoms with Gasteiger partial charge in [-0.05, 0) is 58.4 Å². The van der Waals surface area contributed by atoms with E-state index >= 15 is 0 Å². The number of benzene rings is 3. The first-order valence-electron chi connectivity index (χ1n) is 8.76. The minimum atomic E-state index is -0.558. The lowest BCUT2D eigenvalue weighted by atomic mass is 9.92. The van der Waals surface area contributed by atoms with Crippen LogP contribution in [0.1, 0.15) is 27.8 Å². The lowest BCUT2D eigenvalue weighted by molar-refractivity contribution is 0.259. The zero-order valence-electron chi connectivity index (χ0n) is 14.4. The minimum Gasteiger partial charge on any atom is -0.351 e. The first-order chi connectivity index (χ1) is 12.7. The van der Waals surface area contributed by atoms with Gasteiger partial charge < -0.3 is 11.1 Å². The number of rotatable bonds is 2. The van der Waals surface area contributed by atoms with E-state index in [1.165, 1.54) is 27.8 Å². The molecule has 3 aromatic carbocycles. The Labute approximate surface area is 153 Å². The molecule has 0 aliphatic heterocycles. The number of hydrogen-bond donors (Lipinski definition) is 2. The first kappa shape index (κ1) is 16.2. The van der Waals surface area contributed by atoms with Crippen molar-refractivity contribution in [2.75, 3.05) is 5.32 Å². The van der Waals surface area contributed by atoms with Crippen molar-refractivity contribution < 1.29 is 4.79 Å². The number of anilines is 1. The average molecular weight is 340 g/mol. The number of aryl methyl sites for hydroxylation is 2. The normalized spacial score (nSPS) is 12.5. The Morgan fingerprint density at radius 2 is 1.35 bits per heavy atom. The van der Waals surface area contributed by atoms with Crippen molar-refractivity contribution in [3.05, 3.63) is 101 Å². The molecule has 3 nitrogen and oxygen atoms in total. The van der Waals surface area contributed by atoms with Crippen LogP contribution < -0.4 is 11.1 Å². The number of fused-ring (bicyclic) bond motifs is 2. The van der Waals surface area contributed by atoms with Gasteiger partial charge in [-0.1, -0.05) is 66.7 Å². The van der Waals surface area contributed by atoms with Gasteiger partial charge in [-0.15, -0.1) is 0 Å². The van der Waals surface area contributed by atoms with Crippen molar-refractivity contribution in [2.45, 2.75) is 12.8 Å². The van der Waals surface area contributed by atoms with Gasteiger partial charge in [-0.25, -0.2) is 4.79 Å². The Morgan fingerprint density at radius 1 is 0.808 bits per heavy atom. The monoisotopic (exact) mass is 340 g/mol. The number of primary amides is 1. The van der Waals surface area contributed by atoms with Crippen LogP contribution >= 0.6 is 0 Å². The minimum absolute atomic E-state index is 0.558. The Kier molecular flexibility index (Phi) is 4.28. The van der Waals surface area contributed by atoms with Crippen molar-refractivity contribution in [1.29, 1.82) is 0 Å². The highest BCUT2D eigenvalue weighted by Gasteiger charge is 2.18. The molecule has 0 saturated carbocycles. The summed E-state index contributed by atoms with van der Waals surface area (Å²) in [7, 11) is 0. The van der Waals surface area contributed by atoms with Crippen LogP contribution in [0.25, 0.3) is 11.6 Å². The summed E-state index contributed by atoms with van der Waals surface area (Å²) < 4.78 is 0. The number of para-hydroxylation sites is 1. The predicted octanol–water partition coefficient (Wildman–Crippen LogP) is 4.86. The second-order valence-electron chi connectivity index (χ2n) is 6.45. The van der Waals surface area contributed by atoms with E-state index in [9.17, 15) is 4.79 Å². The Morgan fingerprint density at radius 3 is 1.96 bits per heavy atom. The topological polar surface area (TPSA) is 55.1 Å². The molecule has 128 valence electrons. The molecule has 0 atom stereocenters. The number of hydrogen-bond acceptors (Lipinski definition) is 1. The van der Waals surface area contributed by atoms with Gasteiger partial charge in [0.1, 0.15) is 0 Å². The predicted molar refractivity (Wildman–Crippen MR) is 107 cm³/mol. The Bertz CT molecular complexity index is 955. The molecule has 3 heteroatoms. The van der Waals surface area contributed by atoms with Crippen molar-refractivity contribution in [2.24, 2.45) is 5.73 Å². The molecule has 1 aliphatic rings. The van der Waals surface area contributed by atoms with Crippen LogP contribution in [0.4, 0.5) is 10.5 Å². The molecule has 26 heavy (non-hydrogen) atoms. The highest BCUT2D eigenvalue weighted by molar-refractivity contribution is 5.98.